The summed E-state index contributed by atoms with van der Waals surface area (Å²) in [7, 11) is 0. The second-order valence-electron chi connectivity index (χ2n) is 9.23. The third-order valence-corrected chi connectivity index (χ3v) is 7.61. The normalized spacial score (nSPS) is 14.6. The van der Waals surface area contributed by atoms with E-state index in [0.717, 1.165) is 29.9 Å². The average Bonchev–Trinajstić information content (AvgIpc) is 3.47. The first-order chi connectivity index (χ1) is 19.4. The molecule has 1 atom stereocenters. The van der Waals surface area contributed by atoms with Gasteiger partial charge < -0.3 is 19.1 Å². The van der Waals surface area contributed by atoms with Gasteiger partial charge in [0.2, 0.25) is 5.88 Å². The third kappa shape index (κ3) is 5.02. The molecule has 0 saturated carbocycles. The van der Waals surface area contributed by atoms with Crippen molar-refractivity contribution in [3.05, 3.63) is 94.1 Å². The lowest BCUT2D eigenvalue weighted by Gasteiger charge is -2.27. The number of hydrogen-bond donors (Lipinski definition) is 1. The number of aromatic carboxylic acids is 1. The highest BCUT2D eigenvalue weighted by Gasteiger charge is 2.25. The van der Waals surface area contributed by atoms with E-state index in [2.05, 4.69) is 9.97 Å². The monoisotopic (exact) mass is 558 g/mol. The summed E-state index contributed by atoms with van der Waals surface area (Å²) in [6.07, 6.45) is 0.820. The smallest absolute Gasteiger partial charge is 0.346 e. The summed E-state index contributed by atoms with van der Waals surface area (Å²) < 4.78 is 43.8. The predicted molar refractivity (Wildman–Crippen MR) is 143 cm³/mol. The maximum Gasteiger partial charge on any atom is 0.346 e. The molecule has 5 aromatic rings. The number of pyridine rings is 1. The van der Waals surface area contributed by atoms with Crippen molar-refractivity contribution < 1.29 is 28.2 Å². The number of hydrogen-bond acceptors (Lipinski definition) is 7. The minimum atomic E-state index is -1.04. The molecule has 1 aliphatic heterocycles. The molecule has 0 bridgehead atoms. The van der Waals surface area contributed by atoms with Crippen LogP contribution in [0.25, 0.3) is 21.6 Å². The van der Waals surface area contributed by atoms with E-state index in [4.69, 9.17) is 14.7 Å². The fraction of sp³-hybridized carbons (Fsp3) is 0.172. The number of halogens is 2. The topological polar surface area (TPSA) is 110 Å². The summed E-state index contributed by atoms with van der Waals surface area (Å²) in [6.45, 7) is 1.09. The lowest BCUT2D eigenvalue weighted by molar-refractivity contribution is -0.0589. The van der Waals surface area contributed by atoms with Crippen molar-refractivity contribution in [2.45, 2.75) is 25.5 Å². The summed E-state index contributed by atoms with van der Waals surface area (Å²) in [4.78, 5) is 21.0. The number of benzene rings is 2. The quantitative estimate of drug-likeness (QED) is 0.242. The van der Waals surface area contributed by atoms with Crippen LogP contribution in [-0.2, 0) is 17.7 Å². The zero-order valence-electron chi connectivity index (χ0n) is 20.8. The molecule has 4 heterocycles. The lowest BCUT2D eigenvalue weighted by atomic mass is 10.0. The van der Waals surface area contributed by atoms with E-state index in [1.165, 1.54) is 0 Å². The van der Waals surface area contributed by atoms with E-state index in [9.17, 15) is 9.90 Å². The van der Waals surface area contributed by atoms with Crippen molar-refractivity contribution in [1.29, 1.82) is 5.26 Å². The SMILES string of the molecule is N#Cc1ccc(Oc2cccc(-c3cc(F)c(Cc4nc5sc(C(=O)O)cc5n4C[C@@H]4CCO4)cc3F)n2)cc1. The van der Waals surface area contributed by atoms with Crippen molar-refractivity contribution >= 4 is 27.7 Å². The van der Waals surface area contributed by atoms with Gasteiger partial charge in [-0.2, -0.15) is 5.26 Å². The molecule has 1 fully saturated rings. The largest absolute Gasteiger partial charge is 0.477 e. The summed E-state index contributed by atoms with van der Waals surface area (Å²) in [5.74, 6) is -1.19. The Balaban J connectivity index is 1.28. The molecule has 1 saturated heterocycles. The first kappa shape index (κ1) is 25.6. The Labute approximate surface area is 230 Å². The molecule has 1 aliphatic rings. The maximum absolute atomic E-state index is 15.4. The van der Waals surface area contributed by atoms with Crippen LogP contribution in [0.5, 0.6) is 11.6 Å². The standard InChI is InChI=1S/C29H20F2N4O4S/c30-21-12-20(23-2-1-3-27(33-23)39-18-6-4-16(14-32)5-7-18)22(31)10-17(21)11-26-34-28-24(13-25(40-28)29(36)37)35(26)15-19-8-9-38-19/h1-7,10,12-13,19H,8-9,11,15H2,(H,36,37)/t19-/m0/s1. The first-order valence-corrected chi connectivity index (χ1v) is 13.2. The number of ether oxygens (including phenoxy) is 2. The van der Waals surface area contributed by atoms with Gasteiger partial charge in [0.25, 0.3) is 0 Å². The average molecular weight is 559 g/mol. The molecular formula is C29H20F2N4O4S. The van der Waals surface area contributed by atoms with Gasteiger partial charge in [-0.15, -0.1) is 11.3 Å². The van der Waals surface area contributed by atoms with Crippen LogP contribution < -0.4 is 4.74 Å². The van der Waals surface area contributed by atoms with Crippen molar-refractivity contribution in [1.82, 2.24) is 14.5 Å². The molecule has 8 nitrogen and oxygen atoms in total. The summed E-state index contributed by atoms with van der Waals surface area (Å²) >= 11 is 1.04. The van der Waals surface area contributed by atoms with Crippen LogP contribution in [0.4, 0.5) is 8.78 Å². The van der Waals surface area contributed by atoms with Crippen molar-refractivity contribution in [2.75, 3.05) is 6.61 Å². The van der Waals surface area contributed by atoms with E-state index in [1.807, 2.05) is 10.6 Å². The molecule has 0 radical (unpaired) electrons. The first-order valence-electron chi connectivity index (χ1n) is 12.3. The molecule has 0 unspecified atom stereocenters. The Kier molecular flexibility index (Phi) is 6.71. The highest BCUT2D eigenvalue weighted by atomic mass is 32.1. The van der Waals surface area contributed by atoms with Crippen molar-refractivity contribution in [3.8, 4) is 29.0 Å². The van der Waals surface area contributed by atoms with Gasteiger partial charge in [-0.25, -0.2) is 23.5 Å². The van der Waals surface area contributed by atoms with E-state index < -0.39 is 17.6 Å². The zero-order chi connectivity index (χ0) is 27.8. The minimum absolute atomic E-state index is 0.00876. The number of carbonyl (C=O) groups is 1. The molecular weight excluding hydrogens is 538 g/mol. The van der Waals surface area contributed by atoms with Gasteiger partial charge in [-0.05, 0) is 60.5 Å². The number of rotatable bonds is 8. The van der Waals surface area contributed by atoms with Crippen molar-refractivity contribution in [2.24, 2.45) is 0 Å². The van der Waals surface area contributed by atoms with Gasteiger partial charge in [0, 0.05) is 24.7 Å². The number of aromatic nitrogens is 3. The Hall–Kier alpha value is -4.66. The van der Waals surface area contributed by atoms with Crippen LogP contribution in [0, 0.1) is 23.0 Å². The fourth-order valence-corrected chi connectivity index (χ4v) is 5.36. The molecule has 200 valence electrons. The van der Waals surface area contributed by atoms with Gasteiger partial charge in [0.15, 0.2) is 0 Å². The number of imidazole rings is 1. The minimum Gasteiger partial charge on any atom is -0.477 e. The zero-order valence-corrected chi connectivity index (χ0v) is 21.6. The highest BCUT2D eigenvalue weighted by molar-refractivity contribution is 7.20. The molecule has 0 amide bonds. The molecule has 40 heavy (non-hydrogen) atoms. The van der Waals surface area contributed by atoms with Gasteiger partial charge >= 0.3 is 5.97 Å². The number of thiophene rings is 1. The van der Waals surface area contributed by atoms with E-state index in [-0.39, 0.29) is 40.1 Å². The van der Waals surface area contributed by atoms with Gasteiger partial charge in [-0.1, -0.05) is 6.07 Å². The fourth-order valence-electron chi connectivity index (χ4n) is 4.47. The number of carboxylic acid groups (broad SMARTS) is 1. The van der Waals surface area contributed by atoms with Gasteiger partial charge in [0.1, 0.15) is 32.9 Å². The van der Waals surface area contributed by atoms with Crippen LogP contribution in [0.15, 0.2) is 60.7 Å². The maximum atomic E-state index is 15.4. The summed E-state index contributed by atoms with van der Waals surface area (Å²) in [5, 5.41) is 18.3. The number of nitrogens with zero attached hydrogens (tertiary/aromatic N) is 4. The Morgan fingerprint density at radius 2 is 1.95 bits per heavy atom. The second kappa shape index (κ2) is 10.5. The van der Waals surface area contributed by atoms with Crippen LogP contribution in [-0.4, -0.2) is 38.3 Å². The Morgan fingerprint density at radius 3 is 2.65 bits per heavy atom. The van der Waals surface area contributed by atoms with Crippen LogP contribution in [0.3, 0.4) is 0 Å². The third-order valence-electron chi connectivity index (χ3n) is 6.61. The summed E-state index contributed by atoms with van der Waals surface area (Å²) in [6, 6.07) is 17.0. The molecule has 11 heteroatoms. The Morgan fingerprint density at radius 1 is 1.15 bits per heavy atom. The highest BCUT2D eigenvalue weighted by Crippen LogP contribution is 2.32. The second-order valence-corrected chi connectivity index (χ2v) is 10.3. The molecule has 2 aromatic carbocycles. The number of nitriles is 1. The summed E-state index contributed by atoms with van der Waals surface area (Å²) in [5.41, 5.74) is 1.39. The molecule has 3 aromatic heterocycles. The molecule has 1 N–H and O–H groups in total. The van der Waals surface area contributed by atoms with Crippen molar-refractivity contribution in [3.63, 3.8) is 0 Å². The van der Waals surface area contributed by atoms with E-state index in [1.54, 1.807) is 48.5 Å². The van der Waals surface area contributed by atoms with Crippen LogP contribution in [0.1, 0.15) is 33.0 Å². The van der Waals surface area contributed by atoms with Gasteiger partial charge in [0.05, 0.1) is 35.5 Å². The lowest BCUT2D eigenvalue weighted by Crippen LogP contribution is -2.31. The predicted octanol–water partition coefficient (Wildman–Crippen LogP) is 6.18. The number of fused-ring (bicyclic) bond motifs is 1. The van der Waals surface area contributed by atoms with E-state index >= 15 is 8.78 Å². The molecule has 0 spiro atoms. The van der Waals surface area contributed by atoms with Crippen LogP contribution in [0.2, 0.25) is 0 Å². The van der Waals surface area contributed by atoms with E-state index in [0.29, 0.717) is 40.6 Å². The molecule has 0 aliphatic carbocycles. The van der Waals surface area contributed by atoms with Crippen LogP contribution >= 0.6 is 11.3 Å². The number of carboxylic acids is 1. The molecule has 6 rings (SSSR count). The van der Waals surface area contributed by atoms with Gasteiger partial charge in [-0.3, -0.25) is 0 Å². The Bertz CT molecular complexity index is 1790.